The summed E-state index contributed by atoms with van der Waals surface area (Å²) in [6, 6.07) is 11.4. The van der Waals surface area contributed by atoms with Crippen LogP contribution in [0.4, 0.5) is 17.1 Å². The van der Waals surface area contributed by atoms with E-state index in [1.54, 1.807) is 19.1 Å². The normalized spacial score (nSPS) is 13.6. The Morgan fingerprint density at radius 2 is 1.95 bits per heavy atom. The van der Waals surface area contributed by atoms with E-state index in [1.165, 1.54) is 11.1 Å². The van der Waals surface area contributed by atoms with Crippen molar-refractivity contribution in [2.24, 2.45) is 0 Å². The molecule has 0 saturated heterocycles. The van der Waals surface area contributed by atoms with E-state index in [9.17, 15) is 10.1 Å². The van der Waals surface area contributed by atoms with E-state index in [-0.39, 0.29) is 10.6 Å². The van der Waals surface area contributed by atoms with Crippen molar-refractivity contribution in [3.8, 4) is 0 Å². The maximum atomic E-state index is 11.3. The van der Waals surface area contributed by atoms with Crippen LogP contribution in [0.5, 0.6) is 0 Å². The van der Waals surface area contributed by atoms with Crippen LogP contribution in [-0.4, -0.2) is 11.5 Å². The topological polar surface area (TPSA) is 67.2 Å². The van der Waals surface area contributed by atoms with E-state index in [4.69, 9.17) is 0 Å². The third kappa shape index (κ3) is 2.60. The second-order valence-corrected chi connectivity index (χ2v) is 5.22. The number of nitrogens with zero attached hydrogens (tertiary/aromatic N) is 1. The summed E-state index contributed by atoms with van der Waals surface area (Å²) in [6.07, 6.45) is 0.929. The highest BCUT2D eigenvalue weighted by molar-refractivity contribution is 5.74. The number of fused-ring (bicyclic) bond motifs is 1. The van der Waals surface area contributed by atoms with Crippen molar-refractivity contribution < 1.29 is 4.92 Å². The molecule has 1 heterocycles. The van der Waals surface area contributed by atoms with Gasteiger partial charge < -0.3 is 10.6 Å². The molecule has 2 aromatic rings. The van der Waals surface area contributed by atoms with Crippen LogP contribution in [-0.2, 0) is 13.0 Å². The summed E-state index contributed by atoms with van der Waals surface area (Å²) in [5.41, 5.74) is 4.81. The molecule has 1 aliphatic heterocycles. The molecule has 2 aromatic carbocycles. The van der Waals surface area contributed by atoms with E-state index in [2.05, 4.69) is 16.7 Å². The number of benzene rings is 2. The van der Waals surface area contributed by atoms with Crippen molar-refractivity contribution in [3.63, 3.8) is 0 Å². The number of hydrogen-bond acceptors (Lipinski definition) is 4. The molecule has 0 bridgehead atoms. The molecule has 0 saturated carbocycles. The Bertz CT molecular complexity index is 698. The number of rotatable bonds is 3. The lowest BCUT2D eigenvalue weighted by Gasteiger charge is -2.21. The lowest BCUT2D eigenvalue weighted by Crippen LogP contribution is -2.24. The number of nitrogens with one attached hydrogen (secondary N) is 2. The molecule has 5 nitrogen and oxygen atoms in total. The number of para-hydroxylation sites is 1. The van der Waals surface area contributed by atoms with E-state index < -0.39 is 0 Å². The lowest BCUT2D eigenvalue weighted by molar-refractivity contribution is -0.384. The van der Waals surface area contributed by atoms with Crippen LogP contribution in [0.15, 0.2) is 36.4 Å². The molecule has 0 unspecified atom stereocenters. The van der Waals surface area contributed by atoms with Gasteiger partial charge in [0.05, 0.1) is 4.92 Å². The molecule has 5 heteroatoms. The lowest BCUT2D eigenvalue weighted by atomic mass is 9.99. The fourth-order valence-electron chi connectivity index (χ4n) is 2.80. The maximum Gasteiger partial charge on any atom is 0.295 e. The Labute approximate surface area is 123 Å². The number of nitro groups is 1. The largest absolute Gasteiger partial charge is 0.350 e. The number of aryl methyl sites for hydroxylation is 1. The molecule has 0 radical (unpaired) electrons. The van der Waals surface area contributed by atoms with Gasteiger partial charge in [0.15, 0.2) is 0 Å². The first kappa shape index (κ1) is 13.6. The van der Waals surface area contributed by atoms with Gasteiger partial charge in [0.2, 0.25) is 0 Å². The monoisotopic (exact) mass is 283 g/mol. The van der Waals surface area contributed by atoms with Gasteiger partial charge >= 0.3 is 0 Å². The second kappa shape index (κ2) is 5.54. The third-order valence-electron chi connectivity index (χ3n) is 3.83. The molecule has 1 aliphatic rings. The highest BCUT2D eigenvalue weighted by Crippen LogP contribution is 2.33. The molecule has 0 fully saturated rings. The summed E-state index contributed by atoms with van der Waals surface area (Å²) in [5, 5.41) is 17.9. The first-order chi connectivity index (χ1) is 10.2. The quantitative estimate of drug-likeness (QED) is 0.670. The third-order valence-corrected chi connectivity index (χ3v) is 3.83. The smallest absolute Gasteiger partial charge is 0.295 e. The Kier molecular flexibility index (Phi) is 3.58. The van der Waals surface area contributed by atoms with Gasteiger partial charge in [-0.1, -0.05) is 24.3 Å². The van der Waals surface area contributed by atoms with Gasteiger partial charge in [0.1, 0.15) is 5.69 Å². The van der Waals surface area contributed by atoms with Crippen LogP contribution in [0.2, 0.25) is 0 Å². The van der Waals surface area contributed by atoms with Crippen LogP contribution in [0, 0.1) is 17.0 Å². The van der Waals surface area contributed by atoms with Gasteiger partial charge in [-0.15, -0.1) is 0 Å². The molecule has 0 aliphatic carbocycles. The predicted molar refractivity (Wildman–Crippen MR) is 83.0 cm³/mol. The Morgan fingerprint density at radius 3 is 2.76 bits per heavy atom. The first-order valence-corrected chi connectivity index (χ1v) is 6.99. The van der Waals surface area contributed by atoms with Gasteiger partial charge in [-0.05, 0) is 43.1 Å². The van der Waals surface area contributed by atoms with Crippen LogP contribution in [0.1, 0.15) is 16.7 Å². The summed E-state index contributed by atoms with van der Waals surface area (Å²) < 4.78 is 0. The number of anilines is 2. The van der Waals surface area contributed by atoms with Crippen LogP contribution in [0.25, 0.3) is 0 Å². The zero-order chi connectivity index (χ0) is 14.8. The van der Waals surface area contributed by atoms with E-state index >= 15 is 0 Å². The summed E-state index contributed by atoms with van der Waals surface area (Å²) in [7, 11) is 0. The summed E-state index contributed by atoms with van der Waals surface area (Å²) >= 11 is 0. The minimum Gasteiger partial charge on any atom is -0.350 e. The highest BCUT2D eigenvalue weighted by atomic mass is 16.6. The van der Waals surface area contributed by atoms with Crippen LogP contribution < -0.4 is 10.6 Å². The second-order valence-electron chi connectivity index (χ2n) is 5.22. The fourth-order valence-corrected chi connectivity index (χ4v) is 2.80. The predicted octanol–water partition coefficient (Wildman–Crippen LogP) is 3.29. The van der Waals surface area contributed by atoms with Crippen molar-refractivity contribution in [1.29, 1.82) is 0 Å². The summed E-state index contributed by atoms with van der Waals surface area (Å²) in [5.74, 6) is 0. The van der Waals surface area contributed by atoms with Crippen molar-refractivity contribution >= 4 is 17.1 Å². The molecular formula is C16H17N3O2. The maximum absolute atomic E-state index is 11.3. The van der Waals surface area contributed by atoms with E-state index in [1.807, 2.05) is 18.2 Å². The summed E-state index contributed by atoms with van der Waals surface area (Å²) in [6.45, 7) is 3.54. The Balaban J connectivity index is 2.02. The van der Waals surface area contributed by atoms with Crippen LogP contribution in [0.3, 0.4) is 0 Å². The van der Waals surface area contributed by atoms with E-state index in [0.717, 1.165) is 25.2 Å². The molecule has 0 atom stereocenters. The molecule has 0 aromatic heterocycles. The first-order valence-electron chi connectivity index (χ1n) is 6.99. The van der Waals surface area contributed by atoms with Crippen LogP contribution >= 0.6 is 0 Å². The molecule has 0 amide bonds. The number of hydrogen-bond donors (Lipinski definition) is 2. The number of nitro benzene ring substituents is 1. The van der Waals surface area contributed by atoms with Crippen molar-refractivity contribution in [2.45, 2.75) is 19.9 Å². The van der Waals surface area contributed by atoms with Gasteiger partial charge in [0.25, 0.3) is 5.69 Å². The zero-order valence-electron chi connectivity index (χ0n) is 11.8. The van der Waals surface area contributed by atoms with Gasteiger partial charge in [-0.2, -0.15) is 0 Å². The van der Waals surface area contributed by atoms with Crippen molar-refractivity contribution in [3.05, 3.63) is 63.2 Å². The average Bonchev–Trinajstić information content (AvgIpc) is 2.47. The SMILES string of the molecule is Cc1cccc(Nc2cccc3c2CCNC3)c1[N+](=O)[O-]. The average molecular weight is 283 g/mol. The highest BCUT2D eigenvalue weighted by Gasteiger charge is 2.19. The van der Waals surface area contributed by atoms with Crippen molar-refractivity contribution in [2.75, 3.05) is 11.9 Å². The van der Waals surface area contributed by atoms with Gasteiger partial charge in [-0.3, -0.25) is 10.1 Å². The standard InChI is InChI=1S/C16H17N3O2/c1-11-4-2-7-15(16(11)19(20)21)18-14-6-3-5-12-10-17-9-8-13(12)14/h2-7,17-18H,8-10H2,1H3. The molecule has 2 N–H and O–H groups in total. The van der Waals surface area contributed by atoms with Gasteiger partial charge in [0, 0.05) is 17.8 Å². The molecule has 0 spiro atoms. The molecule has 108 valence electrons. The minimum atomic E-state index is -0.325. The van der Waals surface area contributed by atoms with Gasteiger partial charge in [-0.25, -0.2) is 0 Å². The molecular weight excluding hydrogens is 266 g/mol. The fraction of sp³-hybridized carbons (Fsp3) is 0.250. The Hall–Kier alpha value is -2.40. The summed E-state index contributed by atoms with van der Waals surface area (Å²) in [4.78, 5) is 11.0. The van der Waals surface area contributed by atoms with Crippen molar-refractivity contribution in [1.82, 2.24) is 5.32 Å². The molecule has 3 rings (SSSR count). The molecule has 21 heavy (non-hydrogen) atoms. The zero-order valence-corrected chi connectivity index (χ0v) is 11.8. The minimum absolute atomic E-state index is 0.143. The Morgan fingerprint density at radius 1 is 1.19 bits per heavy atom. The van der Waals surface area contributed by atoms with E-state index in [0.29, 0.717) is 11.3 Å².